The minimum absolute atomic E-state index is 0.264. The van der Waals surface area contributed by atoms with Gasteiger partial charge in [0.25, 0.3) is 5.91 Å². The van der Waals surface area contributed by atoms with Gasteiger partial charge < -0.3 is 15.1 Å². The highest BCUT2D eigenvalue weighted by molar-refractivity contribution is 7.16. The van der Waals surface area contributed by atoms with Crippen LogP contribution in [0.15, 0.2) is 71.3 Å². The third-order valence-electron chi connectivity index (χ3n) is 4.84. The van der Waals surface area contributed by atoms with E-state index < -0.39 is 0 Å². The molecule has 0 bridgehead atoms. The molecule has 0 spiro atoms. The van der Waals surface area contributed by atoms with Crippen molar-refractivity contribution in [2.45, 2.75) is 26.3 Å². The normalized spacial score (nSPS) is 11.8. The summed E-state index contributed by atoms with van der Waals surface area (Å²) in [4.78, 5) is 18.4. The summed E-state index contributed by atoms with van der Waals surface area (Å²) < 4.78 is 5.26. The molecule has 0 unspecified atom stereocenters. The maximum absolute atomic E-state index is 12.7. The fourth-order valence-corrected chi connectivity index (χ4v) is 4.60. The summed E-state index contributed by atoms with van der Waals surface area (Å²) in [5.74, 6) is 0.708. The highest BCUT2D eigenvalue weighted by atomic mass is 35.5. The molecule has 1 atom stereocenters. The van der Waals surface area contributed by atoms with E-state index >= 15 is 0 Å². The van der Waals surface area contributed by atoms with Crippen LogP contribution in [-0.4, -0.2) is 10.9 Å². The molecule has 0 saturated carbocycles. The van der Waals surface area contributed by atoms with E-state index in [1.165, 1.54) is 6.26 Å². The Hall–Kier alpha value is -3.09. The molecule has 0 aliphatic heterocycles. The smallest absolute Gasteiger partial charge is 0.291 e. The third-order valence-corrected chi connectivity index (χ3v) is 6.39. The summed E-state index contributed by atoms with van der Waals surface area (Å²) in [6, 6.07) is 18.7. The standard InChI is InChI=1S/C24H22ClN3O2S/c1-3-16-14-18(24(31-16)28-23(29)20-11-7-13-30-20)22(17-9-4-5-10-19(17)25)27-21-12-6-8-15(2)26-21/h4-14,22H,3H2,1-2H3,(H,26,27)(H,28,29)/t22-/m0/s1. The lowest BCUT2D eigenvalue weighted by Gasteiger charge is -2.22. The number of nitrogens with zero attached hydrogens (tertiary/aromatic N) is 1. The van der Waals surface area contributed by atoms with E-state index in [4.69, 9.17) is 16.0 Å². The van der Waals surface area contributed by atoms with Crippen LogP contribution < -0.4 is 10.6 Å². The summed E-state index contributed by atoms with van der Waals surface area (Å²) in [5, 5.41) is 7.92. The van der Waals surface area contributed by atoms with E-state index in [0.717, 1.165) is 38.9 Å². The Morgan fingerprint density at radius 3 is 2.68 bits per heavy atom. The van der Waals surface area contributed by atoms with E-state index in [0.29, 0.717) is 5.02 Å². The number of aryl methyl sites for hydroxylation is 2. The summed E-state index contributed by atoms with van der Waals surface area (Å²) in [7, 11) is 0. The Labute approximate surface area is 190 Å². The molecule has 0 aliphatic rings. The van der Waals surface area contributed by atoms with Crippen LogP contribution in [0, 0.1) is 6.92 Å². The van der Waals surface area contributed by atoms with Gasteiger partial charge in [-0.1, -0.05) is 42.8 Å². The molecule has 1 aromatic carbocycles. The van der Waals surface area contributed by atoms with Crippen molar-refractivity contribution in [3.05, 3.63) is 99.4 Å². The Morgan fingerprint density at radius 2 is 1.97 bits per heavy atom. The summed E-state index contributed by atoms with van der Waals surface area (Å²) >= 11 is 8.14. The third kappa shape index (κ3) is 4.81. The van der Waals surface area contributed by atoms with Gasteiger partial charge in [-0.15, -0.1) is 11.3 Å². The number of rotatable bonds is 7. The number of halogens is 1. The molecule has 7 heteroatoms. The van der Waals surface area contributed by atoms with Gasteiger partial charge in [-0.2, -0.15) is 0 Å². The number of pyridine rings is 1. The van der Waals surface area contributed by atoms with Gasteiger partial charge >= 0.3 is 0 Å². The Morgan fingerprint density at radius 1 is 1.13 bits per heavy atom. The number of benzene rings is 1. The molecule has 3 heterocycles. The SMILES string of the molecule is CCc1cc([C@@H](Nc2cccc(C)n2)c2ccccc2Cl)c(NC(=O)c2ccco2)s1. The average molecular weight is 452 g/mol. The zero-order chi connectivity index (χ0) is 21.8. The van der Waals surface area contributed by atoms with Crippen LogP contribution in [0.4, 0.5) is 10.8 Å². The lowest BCUT2D eigenvalue weighted by Crippen LogP contribution is -2.17. The average Bonchev–Trinajstić information content (AvgIpc) is 3.43. The van der Waals surface area contributed by atoms with Crippen molar-refractivity contribution in [1.29, 1.82) is 0 Å². The van der Waals surface area contributed by atoms with E-state index in [2.05, 4.69) is 28.6 Å². The van der Waals surface area contributed by atoms with Crippen LogP contribution in [0.5, 0.6) is 0 Å². The van der Waals surface area contributed by atoms with Gasteiger partial charge in [0.2, 0.25) is 0 Å². The molecule has 0 saturated heterocycles. The van der Waals surface area contributed by atoms with E-state index in [1.807, 2.05) is 49.4 Å². The highest BCUT2D eigenvalue weighted by Gasteiger charge is 2.24. The second-order valence-corrected chi connectivity index (χ2v) is 8.59. The van der Waals surface area contributed by atoms with Crippen LogP contribution in [0.1, 0.15) is 45.2 Å². The second-order valence-electron chi connectivity index (χ2n) is 7.05. The topological polar surface area (TPSA) is 67.2 Å². The Balaban J connectivity index is 1.78. The van der Waals surface area contributed by atoms with Crippen molar-refractivity contribution in [2.24, 2.45) is 0 Å². The lowest BCUT2D eigenvalue weighted by atomic mass is 9.99. The van der Waals surface area contributed by atoms with Crippen molar-refractivity contribution in [1.82, 2.24) is 4.98 Å². The number of hydrogen-bond donors (Lipinski definition) is 2. The van der Waals surface area contributed by atoms with Crippen LogP contribution in [0.25, 0.3) is 0 Å². The lowest BCUT2D eigenvalue weighted by molar-refractivity contribution is 0.0997. The Kier molecular flexibility index (Phi) is 6.39. The van der Waals surface area contributed by atoms with Gasteiger partial charge in [-0.05, 0) is 55.3 Å². The van der Waals surface area contributed by atoms with Crippen molar-refractivity contribution in [3.63, 3.8) is 0 Å². The molecule has 2 N–H and O–H groups in total. The number of nitrogens with one attached hydrogen (secondary N) is 2. The van der Waals surface area contributed by atoms with Crippen molar-refractivity contribution < 1.29 is 9.21 Å². The van der Waals surface area contributed by atoms with Gasteiger partial charge in [0.1, 0.15) is 10.8 Å². The Bertz CT molecular complexity index is 1190. The molecular weight excluding hydrogens is 430 g/mol. The number of carbonyl (C=O) groups is 1. The quantitative estimate of drug-likeness (QED) is 0.327. The number of hydrogen-bond acceptors (Lipinski definition) is 5. The molecule has 5 nitrogen and oxygen atoms in total. The first-order chi connectivity index (χ1) is 15.0. The van der Waals surface area contributed by atoms with Gasteiger partial charge in [0.05, 0.1) is 12.3 Å². The van der Waals surface area contributed by atoms with Crippen molar-refractivity contribution in [3.8, 4) is 0 Å². The first-order valence-electron chi connectivity index (χ1n) is 9.97. The predicted molar refractivity (Wildman–Crippen MR) is 126 cm³/mol. The number of anilines is 2. The van der Waals surface area contributed by atoms with Crippen molar-refractivity contribution in [2.75, 3.05) is 10.6 Å². The molecule has 158 valence electrons. The first-order valence-corrected chi connectivity index (χ1v) is 11.2. The molecule has 4 aromatic rings. The van der Waals surface area contributed by atoms with Crippen LogP contribution >= 0.6 is 22.9 Å². The minimum Gasteiger partial charge on any atom is -0.459 e. The second kappa shape index (κ2) is 9.37. The van der Waals surface area contributed by atoms with Gasteiger partial charge in [0, 0.05) is 21.2 Å². The summed E-state index contributed by atoms with van der Waals surface area (Å²) in [6.45, 7) is 4.04. The highest BCUT2D eigenvalue weighted by Crippen LogP contribution is 2.40. The summed E-state index contributed by atoms with van der Waals surface area (Å²) in [6.07, 6.45) is 2.34. The van der Waals surface area contributed by atoms with Crippen LogP contribution in [0.3, 0.4) is 0 Å². The number of furan rings is 1. The molecular formula is C24H22ClN3O2S. The summed E-state index contributed by atoms with van der Waals surface area (Å²) in [5.41, 5.74) is 2.74. The van der Waals surface area contributed by atoms with E-state index in [-0.39, 0.29) is 17.7 Å². The fourth-order valence-electron chi connectivity index (χ4n) is 3.32. The predicted octanol–water partition coefficient (Wildman–Crippen LogP) is 6.71. The van der Waals surface area contributed by atoms with Gasteiger partial charge in [0.15, 0.2) is 5.76 Å². The molecule has 0 aliphatic carbocycles. The minimum atomic E-state index is -0.300. The number of thiophene rings is 1. The monoisotopic (exact) mass is 451 g/mol. The molecule has 31 heavy (non-hydrogen) atoms. The maximum atomic E-state index is 12.7. The molecule has 0 fully saturated rings. The molecule has 1 amide bonds. The number of carbonyl (C=O) groups excluding carboxylic acids is 1. The zero-order valence-electron chi connectivity index (χ0n) is 17.2. The number of aromatic nitrogens is 1. The van der Waals surface area contributed by atoms with Gasteiger partial charge in [-0.3, -0.25) is 4.79 Å². The van der Waals surface area contributed by atoms with Crippen LogP contribution in [0.2, 0.25) is 5.02 Å². The first kappa shape index (κ1) is 21.2. The van der Waals surface area contributed by atoms with Crippen molar-refractivity contribution >= 4 is 39.7 Å². The zero-order valence-corrected chi connectivity index (χ0v) is 18.8. The van der Waals surface area contributed by atoms with E-state index in [9.17, 15) is 4.79 Å². The fraction of sp³-hybridized carbons (Fsp3) is 0.167. The van der Waals surface area contributed by atoms with Crippen LogP contribution in [-0.2, 0) is 6.42 Å². The van der Waals surface area contributed by atoms with Gasteiger partial charge in [-0.25, -0.2) is 4.98 Å². The molecule has 3 aromatic heterocycles. The molecule has 0 radical (unpaired) electrons. The van der Waals surface area contributed by atoms with E-state index in [1.54, 1.807) is 23.5 Å². The molecule has 4 rings (SSSR count). The maximum Gasteiger partial charge on any atom is 0.291 e. The largest absolute Gasteiger partial charge is 0.459 e. The number of amides is 1.